The van der Waals surface area contributed by atoms with Gasteiger partial charge in [-0.15, -0.1) is 0 Å². The van der Waals surface area contributed by atoms with Crippen molar-refractivity contribution in [3.63, 3.8) is 0 Å². The number of benzene rings is 2. The number of rotatable bonds is 6. The molecule has 0 saturated carbocycles. The molecule has 7 nitrogen and oxygen atoms in total. The van der Waals surface area contributed by atoms with Gasteiger partial charge in [-0.1, -0.05) is 18.2 Å². The van der Waals surface area contributed by atoms with Crippen molar-refractivity contribution in [2.45, 2.75) is 12.6 Å². The lowest BCUT2D eigenvalue weighted by molar-refractivity contribution is 0.0488. The van der Waals surface area contributed by atoms with Crippen LogP contribution in [0, 0.1) is 0 Å². The Kier molecular flexibility index (Phi) is 4.55. The number of nitrogens with zero attached hydrogens (tertiary/aromatic N) is 2. The molecule has 2 amide bonds. The average Bonchev–Trinajstić information content (AvgIpc) is 3.20. The van der Waals surface area contributed by atoms with Crippen LogP contribution in [0.15, 0.2) is 42.5 Å². The molecule has 2 aromatic carbocycles. The van der Waals surface area contributed by atoms with Gasteiger partial charge in [-0.25, -0.2) is 0 Å². The molecular weight excluding hydrogens is 348 g/mol. The summed E-state index contributed by atoms with van der Waals surface area (Å²) in [6.45, 7) is 1.11. The Morgan fingerprint density at radius 3 is 2.44 bits per heavy atom. The van der Waals surface area contributed by atoms with Crippen molar-refractivity contribution >= 4 is 11.8 Å². The van der Waals surface area contributed by atoms with E-state index < -0.39 is 6.10 Å². The topological polar surface area (TPSA) is 79.3 Å². The van der Waals surface area contributed by atoms with Crippen molar-refractivity contribution in [1.82, 2.24) is 9.80 Å². The van der Waals surface area contributed by atoms with Gasteiger partial charge in [-0.3, -0.25) is 19.4 Å². The second kappa shape index (κ2) is 7.02. The molecule has 0 unspecified atom stereocenters. The molecule has 0 saturated heterocycles. The van der Waals surface area contributed by atoms with Crippen molar-refractivity contribution in [3.05, 3.63) is 59.2 Å². The number of carbonyl (C=O) groups is 2. The van der Waals surface area contributed by atoms with Gasteiger partial charge in [0.1, 0.15) is 0 Å². The van der Waals surface area contributed by atoms with Gasteiger partial charge in [0.05, 0.1) is 23.8 Å². The fourth-order valence-electron chi connectivity index (χ4n) is 3.45. The first-order valence-corrected chi connectivity index (χ1v) is 8.73. The van der Waals surface area contributed by atoms with Gasteiger partial charge < -0.3 is 14.6 Å². The molecule has 7 heteroatoms. The van der Waals surface area contributed by atoms with Crippen LogP contribution in [0.5, 0.6) is 11.5 Å². The molecular formula is C20H20N2O5. The van der Waals surface area contributed by atoms with Gasteiger partial charge in [0, 0.05) is 13.1 Å². The fourth-order valence-corrected chi connectivity index (χ4v) is 3.45. The number of likely N-dealkylation sites (N-methyl/N-ethyl adjacent to an activating group) is 1. The zero-order valence-corrected chi connectivity index (χ0v) is 14.9. The number of fused-ring (bicyclic) bond motifs is 2. The van der Waals surface area contributed by atoms with Gasteiger partial charge in [0.15, 0.2) is 11.5 Å². The molecule has 2 aliphatic heterocycles. The number of ether oxygens (including phenoxy) is 2. The number of hydrogen-bond acceptors (Lipinski definition) is 6. The summed E-state index contributed by atoms with van der Waals surface area (Å²) in [5.41, 5.74) is 1.81. The molecule has 27 heavy (non-hydrogen) atoms. The molecule has 0 radical (unpaired) electrons. The maximum Gasteiger partial charge on any atom is 0.261 e. The van der Waals surface area contributed by atoms with E-state index in [0.717, 1.165) is 16.2 Å². The fraction of sp³-hybridized carbons (Fsp3) is 0.300. The summed E-state index contributed by atoms with van der Waals surface area (Å²) in [7, 11) is 1.87. The van der Waals surface area contributed by atoms with E-state index in [1.807, 2.05) is 30.1 Å². The number of amides is 2. The Morgan fingerprint density at radius 1 is 1.07 bits per heavy atom. The first-order valence-electron chi connectivity index (χ1n) is 8.73. The van der Waals surface area contributed by atoms with E-state index in [1.54, 1.807) is 24.3 Å². The largest absolute Gasteiger partial charge is 0.454 e. The molecule has 1 atom stereocenters. The first-order chi connectivity index (χ1) is 13.0. The maximum atomic E-state index is 12.4. The van der Waals surface area contributed by atoms with Crippen LogP contribution in [0.2, 0.25) is 0 Å². The van der Waals surface area contributed by atoms with Crippen LogP contribution in [0.3, 0.4) is 0 Å². The quantitative estimate of drug-likeness (QED) is 0.779. The van der Waals surface area contributed by atoms with Crippen LogP contribution in [0.25, 0.3) is 0 Å². The third-order valence-electron chi connectivity index (χ3n) is 4.68. The Morgan fingerprint density at radius 2 is 1.74 bits per heavy atom. The highest BCUT2D eigenvalue weighted by Gasteiger charge is 2.36. The summed E-state index contributed by atoms with van der Waals surface area (Å²) in [5, 5.41) is 10.4. The third-order valence-corrected chi connectivity index (χ3v) is 4.68. The molecule has 1 N–H and O–H groups in total. The van der Waals surface area contributed by atoms with Gasteiger partial charge in [0.2, 0.25) is 6.79 Å². The Labute approximate surface area is 156 Å². The SMILES string of the molecule is CN(Cc1ccc2c(c1)OCO2)C[C@H](O)CN1C(=O)c2ccccc2C1=O. The minimum atomic E-state index is -0.841. The van der Waals surface area contributed by atoms with E-state index in [1.165, 1.54) is 0 Å². The predicted octanol–water partition coefficient (Wildman–Crippen LogP) is 1.50. The number of aliphatic hydroxyl groups is 1. The lowest BCUT2D eigenvalue weighted by Gasteiger charge is -2.23. The van der Waals surface area contributed by atoms with Crippen LogP contribution in [0.4, 0.5) is 0 Å². The van der Waals surface area contributed by atoms with Crippen molar-refractivity contribution < 1.29 is 24.2 Å². The van der Waals surface area contributed by atoms with Gasteiger partial charge in [0.25, 0.3) is 11.8 Å². The highest BCUT2D eigenvalue weighted by molar-refractivity contribution is 6.21. The first kappa shape index (κ1) is 17.5. The summed E-state index contributed by atoms with van der Waals surface area (Å²) >= 11 is 0. The van der Waals surface area contributed by atoms with E-state index in [-0.39, 0.29) is 25.2 Å². The van der Waals surface area contributed by atoms with Gasteiger partial charge in [-0.2, -0.15) is 0 Å². The Hall–Kier alpha value is -2.90. The molecule has 140 valence electrons. The van der Waals surface area contributed by atoms with Crippen LogP contribution in [-0.2, 0) is 6.54 Å². The highest BCUT2D eigenvalue weighted by Crippen LogP contribution is 2.32. The summed E-state index contributed by atoms with van der Waals surface area (Å²) in [6.07, 6.45) is -0.841. The van der Waals surface area contributed by atoms with Crippen molar-refractivity contribution in [2.75, 3.05) is 26.9 Å². The van der Waals surface area contributed by atoms with Crippen LogP contribution < -0.4 is 9.47 Å². The molecule has 0 bridgehead atoms. The number of carbonyl (C=O) groups excluding carboxylic acids is 2. The van der Waals surface area contributed by atoms with E-state index in [2.05, 4.69) is 0 Å². The van der Waals surface area contributed by atoms with Crippen LogP contribution >= 0.6 is 0 Å². The van der Waals surface area contributed by atoms with Crippen molar-refractivity contribution in [1.29, 1.82) is 0 Å². The van der Waals surface area contributed by atoms with Crippen LogP contribution in [0.1, 0.15) is 26.3 Å². The number of aliphatic hydroxyl groups excluding tert-OH is 1. The highest BCUT2D eigenvalue weighted by atomic mass is 16.7. The average molecular weight is 368 g/mol. The summed E-state index contributed by atoms with van der Waals surface area (Å²) < 4.78 is 10.7. The Bertz CT molecular complexity index is 863. The van der Waals surface area contributed by atoms with Crippen molar-refractivity contribution in [3.8, 4) is 11.5 Å². The lowest BCUT2D eigenvalue weighted by atomic mass is 10.1. The lowest BCUT2D eigenvalue weighted by Crippen LogP contribution is -2.41. The minimum absolute atomic E-state index is 0.0299. The van der Waals surface area contributed by atoms with E-state index in [0.29, 0.717) is 30.0 Å². The standard InChI is InChI=1S/C20H20N2O5/c1-21(9-13-6-7-17-18(8-13)27-12-26-17)10-14(23)11-22-19(24)15-4-2-3-5-16(15)20(22)25/h2-8,14,23H,9-12H2,1H3/t14-/m0/s1. The molecule has 2 aromatic rings. The molecule has 0 aliphatic carbocycles. The van der Waals surface area contributed by atoms with Gasteiger partial charge >= 0.3 is 0 Å². The summed E-state index contributed by atoms with van der Waals surface area (Å²) in [6, 6.07) is 12.4. The molecule has 0 spiro atoms. The zero-order valence-electron chi connectivity index (χ0n) is 14.9. The number of imide groups is 1. The molecule has 0 aromatic heterocycles. The monoisotopic (exact) mass is 368 g/mol. The third kappa shape index (κ3) is 3.39. The summed E-state index contributed by atoms with van der Waals surface area (Å²) in [4.78, 5) is 27.8. The molecule has 4 rings (SSSR count). The van der Waals surface area contributed by atoms with Crippen molar-refractivity contribution in [2.24, 2.45) is 0 Å². The second-order valence-electron chi connectivity index (χ2n) is 6.80. The predicted molar refractivity (Wildman–Crippen MR) is 96.7 cm³/mol. The van der Waals surface area contributed by atoms with E-state index >= 15 is 0 Å². The van der Waals surface area contributed by atoms with E-state index in [4.69, 9.17) is 9.47 Å². The maximum absolute atomic E-state index is 12.4. The van der Waals surface area contributed by atoms with E-state index in [9.17, 15) is 14.7 Å². The minimum Gasteiger partial charge on any atom is -0.454 e. The Balaban J connectivity index is 1.35. The number of β-amino-alcohol motifs (C(OH)–C–C–N with tert-alkyl or cyclic N) is 1. The smallest absolute Gasteiger partial charge is 0.261 e. The molecule has 2 aliphatic rings. The normalized spacial score (nSPS) is 16.2. The van der Waals surface area contributed by atoms with Crippen LogP contribution in [-0.4, -0.2) is 59.8 Å². The van der Waals surface area contributed by atoms with Gasteiger partial charge in [-0.05, 0) is 36.9 Å². The summed E-state index contributed by atoms with van der Waals surface area (Å²) in [5.74, 6) is 0.737. The zero-order chi connectivity index (χ0) is 19.0. The second-order valence-corrected chi connectivity index (χ2v) is 6.80. The molecule has 2 heterocycles. The number of hydrogen-bond donors (Lipinski definition) is 1. The molecule has 0 fully saturated rings.